The zero-order valence-corrected chi connectivity index (χ0v) is 14.0. The van der Waals surface area contributed by atoms with Gasteiger partial charge in [-0.3, -0.25) is 0 Å². The molecule has 2 N–H and O–H groups in total. The molecule has 0 unspecified atom stereocenters. The molecule has 0 aliphatic rings. The topological polar surface area (TPSA) is 78.0 Å². The van der Waals surface area contributed by atoms with Crippen LogP contribution in [0.25, 0.3) is 16.9 Å². The van der Waals surface area contributed by atoms with E-state index in [4.69, 9.17) is 5.14 Å². The molecule has 1 aromatic heterocycles. The molecule has 0 saturated carbocycles. The molecule has 3 aromatic rings. The molecule has 0 aliphatic heterocycles. The van der Waals surface area contributed by atoms with Crippen molar-refractivity contribution in [3.05, 3.63) is 65.6 Å². The van der Waals surface area contributed by atoms with Crippen LogP contribution in [0.2, 0.25) is 0 Å². The van der Waals surface area contributed by atoms with Crippen molar-refractivity contribution >= 4 is 10.0 Å². The van der Waals surface area contributed by atoms with E-state index in [0.29, 0.717) is 0 Å². The summed E-state index contributed by atoms with van der Waals surface area (Å²) in [6.07, 6.45) is -2.98. The predicted molar refractivity (Wildman–Crippen MR) is 85.2 cm³/mol. The molecule has 0 saturated heterocycles. The lowest BCUT2D eigenvalue weighted by molar-refractivity contribution is 0.145. The maximum absolute atomic E-state index is 14.1. The number of halogens is 5. The first-order chi connectivity index (χ1) is 12.6. The molecular weight excluding hydrogens is 393 g/mol. The summed E-state index contributed by atoms with van der Waals surface area (Å²) >= 11 is 0. The first-order valence-corrected chi connectivity index (χ1v) is 8.79. The highest BCUT2D eigenvalue weighted by atomic mass is 32.2. The van der Waals surface area contributed by atoms with E-state index < -0.39 is 44.5 Å². The lowest BCUT2D eigenvalue weighted by Gasteiger charge is -2.09. The summed E-state index contributed by atoms with van der Waals surface area (Å²) in [5.41, 5.74) is -0.891. The highest BCUT2D eigenvalue weighted by Crippen LogP contribution is 2.30. The van der Waals surface area contributed by atoms with E-state index in [2.05, 4.69) is 5.10 Å². The lowest BCUT2D eigenvalue weighted by atomic mass is 10.1. The van der Waals surface area contributed by atoms with E-state index in [1.807, 2.05) is 0 Å². The Labute approximate surface area is 149 Å². The maximum atomic E-state index is 14.1. The Morgan fingerprint density at radius 3 is 2.19 bits per heavy atom. The van der Waals surface area contributed by atoms with Gasteiger partial charge in [0, 0.05) is 11.6 Å². The smallest absolute Gasteiger partial charge is 0.233 e. The standard InChI is InChI=1S/C16H10F5N3O2S/c17-10-3-2-9(6-11(10)18)24-14(7-13(23-24)16(20)21)8-1-4-15(12(19)5-8)27(22,25)26/h1-7,16H,(H2,22,25,26). The van der Waals surface area contributed by atoms with E-state index in [1.165, 1.54) is 0 Å². The van der Waals surface area contributed by atoms with E-state index in [9.17, 15) is 30.4 Å². The van der Waals surface area contributed by atoms with Gasteiger partial charge < -0.3 is 0 Å². The fourth-order valence-electron chi connectivity index (χ4n) is 2.42. The van der Waals surface area contributed by atoms with Crippen LogP contribution in [0.5, 0.6) is 0 Å². The number of aromatic nitrogens is 2. The van der Waals surface area contributed by atoms with Crippen molar-refractivity contribution in [2.45, 2.75) is 11.3 Å². The van der Waals surface area contributed by atoms with Crippen molar-refractivity contribution in [3.63, 3.8) is 0 Å². The predicted octanol–water partition coefficient (Wildman–Crippen LogP) is 3.54. The van der Waals surface area contributed by atoms with Gasteiger partial charge in [-0.25, -0.2) is 40.2 Å². The molecule has 2 aromatic carbocycles. The minimum Gasteiger partial charge on any atom is -0.233 e. The van der Waals surface area contributed by atoms with Gasteiger partial charge in [-0.2, -0.15) is 5.10 Å². The second-order valence-corrected chi connectivity index (χ2v) is 6.99. The molecule has 11 heteroatoms. The highest BCUT2D eigenvalue weighted by Gasteiger charge is 2.21. The first-order valence-electron chi connectivity index (χ1n) is 7.24. The second kappa shape index (κ2) is 6.74. The van der Waals surface area contributed by atoms with E-state index in [0.717, 1.165) is 47.1 Å². The summed E-state index contributed by atoms with van der Waals surface area (Å²) in [7, 11) is -4.32. The van der Waals surface area contributed by atoms with Gasteiger partial charge in [0.05, 0.1) is 11.4 Å². The Morgan fingerprint density at radius 2 is 1.63 bits per heavy atom. The quantitative estimate of drug-likeness (QED) is 0.677. The number of hydrogen-bond acceptors (Lipinski definition) is 3. The van der Waals surface area contributed by atoms with Crippen molar-refractivity contribution in [2.75, 3.05) is 0 Å². The highest BCUT2D eigenvalue weighted by molar-refractivity contribution is 7.89. The first kappa shape index (κ1) is 19.0. The fraction of sp³-hybridized carbons (Fsp3) is 0.0625. The largest absolute Gasteiger partial charge is 0.282 e. The number of alkyl halides is 2. The van der Waals surface area contributed by atoms with Gasteiger partial charge in [0.25, 0.3) is 6.43 Å². The third-order valence-corrected chi connectivity index (χ3v) is 4.58. The van der Waals surface area contributed by atoms with Crippen molar-refractivity contribution < 1.29 is 30.4 Å². The van der Waals surface area contributed by atoms with Crippen molar-refractivity contribution in [1.82, 2.24) is 9.78 Å². The van der Waals surface area contributed by atoms with Crippen LogP contribution in [0.15, 0.2) is 47.4 Å². The molecule has 0 bridgehead atoms. The molecule has 0 atom stereocenters. The molecule has 0 aliphatic carbocycles. The second-order valence-electron chi connectivity index (χ2n) is 5.46. The molecule has 142 valence electrons. The lowest BCUT2D eigenvalue weighted by Crippen LogP contribution is -2.14. The van der Waals surface area contributed by atoms with Crippen LogP contribution in [0, 0.1) is 17.5 Å². The summed E-state index contributed by atoms with van der Waals surface area (Å²) in [6, 6.07) is 6.30. The fourth-order valence-corrected chi connectivity index (χ4v) is 3.00. The van der Waals surface area contributed by atoms with Gasteiger partial charge in [-0.1, -0.05) is 6.07 Å². The Balaban J connectivity index is 2.20. The minimum absolute atomic E-state index is 0.0240. The van der Waals surface area contributed by atoms with Gasteiger partial charge >= 0.3 is 0 Å². The van der Waals surface area contributed by atoms with E-state index in [1.54, 1.807) is 0 Å². The van der Waals surface area contributed by atoms with Gasteiger partial charge in [0.2, 0.25) is 10.0 Å². The zero-order chi connectivity index (χ0) is 19.9. The molecule has 0 fully saturated rings. The number of sulfonamides is 1. The minimum atomic E-state index is -4.32. The van der Waals surface area contributed by atoms with Crippen molar-refractivity contribution in [2.24, 2.45) is 5.14 Å². The van der Waals surface area contributed by atoms with E-state index in [-0.39, 0.29) is 16.9 Å². The number of primary sulfonamides is 1. The maximum Gasteiger partial charge on any atom is 0.282 e. The van der Waals surface area contributed by atoms with Crippen LogP contribution in [0.1, 0.15) is 12.1 Å². The number of benzene rings is 2. The number of rotatable bonds is 4. The average molecular weight is 403 g/mol. The van der Waals surface area contributed by atoms with Gasteiger partial charge in [-0.15, -0.1) is 0 Å². The SMILES string of the molecule is NS(=O)(=O)c1ccc(-c2cc(C(F)F)nn2-c2ccc(F)c(F)c2)cc1F. The molecule has 0 spiro atoms. The van der Waals surface area contributed by atoms with Crippen LogP contribution in [-0.2, 0) is 10.0 Å². The van der Waals surface area contributed by atoms with Gasteiger partial charge in [-0.05, 0) is 30.3 Å². The van der Waals surface area contributed by atoms with Crippen LogP contribution < -0.4 is 5.14 Å². The van der Waals surface area contributed by atoms with Crippen LogP contribution in [-0.4, -0.2) is 18.2 Å². The summed E-state index contributed by atoms with van der Waals surface area (Å²) in [5.74, 6) is -3.58. The summed E-state index contributed by atoms with van der Waals surface area (Å²) in [5, 5.41) is 8.52. The van der Waals surface area contributed by atoms with E-state index >= 15 is 0 Å². The summed E-state index contributed by atoms with van der Waals surface area (Å²) < 4.78 is 90.3. The van der Waals surface area contributed by atoms with Crippen LogP contribution >= 0.6 is 0 Å². The normalized spacial score (nSPS) is 12.0. The molecule has 3 rings (SSSR count). The summed E-state index contributed by atoms with van der Waals surface area (Å²) in [6.45, 7) is 0. The number of hydrogen-bond donors (Lipinski definition) is 1. The number of nitrogens with zero attached hydrogens (tertiary/aromatic N) is 2. The molecule has 0 radical (unpaired) electrons. The van der Waals surface area contributed by atoms with Gasteiger partial charge in [0.15, 0.2) is 11.6 Å². The molecule has 5 nitrogen and oxygen atoms in total. The number of nitrogens with two attached hydrogens (primary N) is 1. The van der Waals surface area contributed by atoms with Crippen molar-refractivity contribution in [1.29, 1.82) is 0 Å². The molecule has 1 heterocycles. The molecular formula is C16H10F5N3O2S. The monoisotopic (exact) mass is 403 g/mol. The Morgan fingerprint density at radius 1 is 0.926 bits per heavy atom. The Kier molecular flexibility index (Phi) is 4.74. The molecule has 27 heavy (non-hydrogen) atoms. The Hall–Kier alpha value is -2.79. The zero-order valence-electron chi connectivity index (χ0n) is 13.2. The van der Waals surface area contributed by atoms with Crippen molar-refractivity contribution in [3.8, 4) is 16.9 Å². The third-order valence-electron chi connectivity index (χ3n) is 3.63. The van der Waals surface area contributed by atoms with Crippen LogP contribution in [0.3, 0.4) is 0 Å². The Bertz CT molecular complexity index is 1130. The van der Waals surface area contributed by atoms with Gasteiger partial charge in [0.1, 0.15) is 16.4 Å². The third kappa shape index (κ3) is 3.69. The van der Waals surface area contributed by atoms with Crippen LogP contribution in [0.4, 0.5) is 22.0 Å². The summed E-state index contributed by atoms with van der Waals surface area (Å²) in [4.78, 5) is -0.778. The average Bonchev–Trinajstić information content (AvgIpc) is 3.01. The molecule has 0 amide bonds.